The number of aliphatic hydroxyl groups is 1. The number of carbonyl (C=O) groups is 2. The van der Waals surface area contributed by atoms with Crippen LogP contribution in [0.1, 0.15) is 49.4 Å². The van der Waals surface area contributed by atoms with E-state index in [1.807, 2.05) is 19.1 Å². The van der Waals surface area contributed by atoms with Crippen LogP contribution in [-0.2, 0) is 15.3 Å². The highest BCUT2D eigenvalue weighted by Crippen LogP contribution is 2.45. The Morgan fingerprint density at radius 3 is 2.52 bits per heavy atom. The van der Waals surface area contributed by atoms with E-state index in [-0.39, 0.29) is 16.5 Å². The van der Waals surface area contributed by atoms with Crippen LogP contribution in [0.25, 0.3) is 5.76 Å². The highest BCUT2D eigenvalue weighted by atomic mass is 35.5. The van der Waals surface area contributed by atoms with E-state index in [1.165, 1.54) is 28.0 Å². The summed E-state index contributed by atoms with van der Waals surface area (Å²) in [4.78, 5) is 28.5. The number of amides is 1. The number of anilines is 1. The van der Waals surface area contributed by atoms with E-state index in [0.29, 0.717) is 56.0 Å². The molecular weight excluding hydrogens is 641 g/mol. The Bertz CT molecular complexity index is 1690. The third-order valence-corrected chi connectivity index (χ3v) is 9.48. The third-order valence-electron chi connectivity index (χ3n) is 6.79. The molecule has 3 aromatic carbocycles. The Morgan fingerprint density at radius 1 is 1.00 bits per heavy atom. The number of hydrogen-bond acceptors (Lipinski definition) is 9. The Labute approximate surface area is 273 Å². The quantitative estimate of drug-likeness (QED) is 0.0401. The van der Waals surface area contributed by atoms with Crippen molar-refractivity contribution in [3.8, 4) is 11.5 Å². The molecule has 0 radical (unpaired) electrons. The van der Waals surface area contributed by atoms with Gasteiger partial charge in [0.15, 0.2) is 4.34 Å². The number of rotatable bonds is 12. The van der Waals surface area contributed by atoms with Crippen molar-refractivity contribution in [2.45, 2.75) is 42.8 Å². The zero-order chi connectivity index (χ0) is 31.2. The summed E-state index contributed by atoms with van der Waals surface area (Å²) in [5.74, 6) is -0.216. The average Bonchev–Trinajstić information content (AvgIpc) is 3.59. The first-order valence-electron chi connectivity index (χ1n) is 14.0. The molecule has 0 aliphatic carbocycles. The number of halogens is 2. The first-order chi connectivity index (χ1) is 21.3. The lowest BCUT2D eigenvalue weighted by molar-refractivity contribution is -0.132. The first kappa shape index (κ1) is 31.8. The highest BCUT2D eigenvalue weighted by Gasteiger charge is 2.48. The van der Waals surface area contributed by atoms with E-state index in [1.54, 1.807) is 54.6 Å². The van der Waals surface area contributed by atoms with Crippen LogP contribution in [0.15, 0.2) is 76.6 Å². The lowest BCUT2D eigenvalue weighted by Gasteiger charge is -2.23. The summed E-state index contributed by atoms with van der Waals surface area (Å²) >= 11 is 14.9. The number of carbonyl (C=O) groups excluding carboxylic acids is 2. The molecule has 8 nitrogen and oxygen atoms in total. The molecule has 228 valence electrons. The van der Waals surface area contributed by atoms with Gasteiger partial charge in [0.2, 0.25) is 5.13 Å². The molecule has 1 aliphatic rings. The number of thioether (sulfide) groups is 1. The van der Waals surface area contributed by atoms with Gasteiger partial charge in [0.25, 0.3) is 5.78 Å². The fourth-order valence-electron chi connectivity index (χ4n) is 4.62. The molecule has 0 saturated carbocycles. The van der Waals surface area contributed by atoms with Crippen molar-refractivity contribution in [2.75, 3.05) is 18.1 Å². The van der Waals surface area contributed by atoms with Crippen molar-refractivity contribution in [1.29, 1.82) is 0 Å². The number of aromatic nitrogens is 2. The van der Waals surface area contributed by atoms with Crippen molar-refractivity contribution in [3.05, 3.63) is 99.0 Å². The van der Waals surface area contributed by atoms with Crippen LogP contribution in [0.5, 0.6) is 11.5 Å². The predicted octanol–water partition coefficient (Wildman–Crippen LogP) is 8.34. The fourth-order valence-corrected chi connectivity index (χ4v) is 7.05. The van der Waals surface area contributed by atoms with Crippen molar-refractivity contribution in [2.24, 2.45) is 0 Å². The smallest absolute Gasteiger partial charge is 0.301 e. The van der Waals surface area contributed by atoms with E-state index < -0.39 is 17.7 Å². The van der Waals surface area contributed by atoms with Gasteiger partial charge in [-0.25, -0.2) is 0 Å². The molecule has 1 N–H and O–H groups in total. The van der Waals surface area contributed by atoms with Crippen LogP contribution < -0.4 is 14.4 Å². The van der Waals surface area contributed by atoms with Gasteiger partial charge >= 0.3 is 5.91 Å². The molecule has 1 unspecified atom stereocenters. The minimum Gasteiger partial charge on any atom is -0.507 e. The van der Waals surface area contributed by atoms with Crippen molar-refractivity contribution in [3.63, 3.8) is 0 Å². The molecule has 2 heterocycles. The summed E-state index contributed by atoms with van der Waals surface area (Å²) in [7, 11) is 0. The molecule has 12 heteroatoms. The van der Waals surface area contributed by atoms with Crippen molar-refractivity contribution in [1.82, 2.24) is 10.2 Å². The molecule has 1 saturated heterocycles. The minimum atomic E-state index is -0.965. The molecule has 0 spiro atoms. The molecule has 1 fully saturated rings. The number of aliphatic hydroxyl groups excluding tert-OH is 1. The summed E-state index contributed by atoms with van der Waals surface area (Å²) in [6, 6.07) is 18.2. The van der Waals surface area contributed by atoms with Gasteiger partial charge < -0.3 is 14.6 Å². The molecular formula is C32H29Cl2N3O5S2. The van der Waals surface area contributed by atoms with E-state index in [2.05, 4.69) is 17.1 Å². The summed E-state index contributed by atoms with van der Waals surface area (Å²) in [5.41, 5.74) is 1.78. The topological polar surface area (TPSA) is 102 Å². The van der Waals surface area contributed by atoms with Gasteiger partial charge in [0, 0.05) is 21.4 Å². The number of ketones is 1. The second-order valence-electron chi connectivity index (χ2n) is 9.78. The van der Waals surface area contributed by atoms with Crippen LogP contribution in [0, 0.1) is 0 Å². The van der Waals surface area contributed by atoms with Gasteiger partial charge in [-0.1, -0.05) is 77.8 Å². The monoisotopic (exact) mass is 669 g/mol. The van der Waals surface area contributed by atoms with E-state index in [9.17, 15) is 14.7 Å². The Morgan fingerprint density at radius 2 is 1.80 bits per heavy atom. The lowest BCUT2D eigenvalue weighted by atomic mass is 9.95. The second-order valence-corrected chi connectivity index (χ2v) is 12.8. The predicted molar refractivity (Wildman–Crippen MR) is 175 cm³/mol. The SMILES string of the molecule is CCCCOc1cccc(C2C(=C(O)c3ccc(OCC)cc3)C(=O)C(=O)N2c2nnc(SCc3ccc(Cl)cc3Cl)s2)c1. The number of Topliss-reactive ketones (excluding diaryl/α,β-unsaturated/α-hetero) is 1. The molecule has 1 aliphatic heterocycles. The number of hydrogen-bond donors (Lipinski definition) is 1. The zero-order valence-electron chi connectivity index (χ0n) is 24.0. The maximum atomic E-state index is 13.6. The van der Waals surface area contributed by atoms with Crippen LogP contribution in [-0.4, -0.2) is 40.2 Å². The standard InChI is InChI=1S/C32H29Cl2N3O5S2/c1-3-5-15-42-24-8-6-7-20(16-24)27-26(28(38)19-10-13-23(14-11-19)41-4-2)29(39)30(40)37(27)31-35-36-32(44-31)43-18-21-9-12-22(33)17-25(21)34/h6-14,16-17,27,38H,3-5,15,18H2,1-2H3. The largest absolute Gasteiger partial charge is 0.507 e. The number of nitrogens with zero attached hydrogens (tertiary/aromatic N) is 3. The normalized spacial score (nSPS) is 16.0. The van der Waals surface area contributed by atoms with Crippen LogP contribution in [0.4, 0.5) is 5.13 Å². The summed E-state index contributed by atoms with van der Waals surface area (Å²) in [6.07, 6.45) is 1.86. The maximum absolute atomic E-state index is 13.6. The van der Waals surface area contributed by atoms with E-state index in [0.717, 1.165) is 18.4 Å². The maximum Gasteiger partial charge on any atom is 0.301 e. The summed E-state index contributed by atoms with van der Waals surface area (Å²) in [5, 5.41) is 21.3. The molecule has 1 aromatic heterocycles. The third kappa shape index (κ3) is 7.04. The van der Waals surface area contributed by atoms with Gasteiger partial charge in [-0.2, -0.15) is 0 Å². The summed E-state index contributed by atoms with van der Waals surface area (Å²) < 4.78 is 12.0. The van der Waals surface area contributed by atoms with Crippen molar-refractivity contribution >= 4 is 68.9 Å². The van der Waals surface area contributed by atoms with Crippen molar-refractivity contribution < 1.29 is 24.2 Å². The first-order valence-corrected chi connectivity index (χ1v) is 16.5. The van der Waals surface area contributed by atoms with E-state index >= 15 is 0 Å². The van der Waals surface area contributed by atoms with Crippen LogP contribution in [0.3, 0.4) is 0 Å². The van der Waals surface area contributed by atoms with Crippen LogP contribution in [0.2, 0.25) is 10.0 Å². The number of benzene rings is 3. The zero-order valence-corrected chi connectivity index (χ0v) is 27.1. The van der Waals surface area contributed by atoms with E-state index in [4.69, 9.17) is 32.7 Å². The molecule has 1 atom stereocenters. The van der Waals surface area contributed by atoms with Gasteiger partial charge in [-0.05, 0) is 73.0 Å². The Balaban J connectivity index is 1.52. The molecule has 1 amide bonds. The lowest BCUT2D eigenvalue weighted by Crippen LogP contribution is -2.29. The second kappa shape index (κ2) is 14.5. The minimum absolute atomic E-state index is 0.0535. The van der Waals surface area contributed by atoms with Gasteiger partial charge in [0.1, 0.15) is 17.3 Å². The molecule has 5 rings (SSSR count). The number of unbranched alkanes of at least 4 members (excludes halogenated alkanes) is 1. The average molecular weight is 671 g/mol. The van der Waals surface area contributed by atoms with Gasteiger partial charge in [-0.3, -0.25) is 14.5 Å². The fraction of sp³-hybridized carbons (Fsp3) is 0.250. The Kier molecular flexibility index (Phi) is 10.5. The Hall–Kier alpha value is -3.57. The van der Waals surface area contributed by atoms with Gasteiger partial charge in [-0.15, -0.1) is 10.2 Å². The van der Waals surface area contributed by atoms with Crippen LogP contribution >= 0.6 is 46.3 Å². The molecule has 44 heavy (non-hydrogen) atoms. The molecule has 4 aromatic rings. The molecule has 0 bridgehead atoms. The highest BCUT2D eigenvalue weighted by molar-refractivity contribution is 8.00. The number of ether oxygens (including phenoxy) is 2. The summed E-state index contributed by atoms with van der Waals surface area (Å²) in [6.45, 7) is 4.97. The van der Waals surface area contributed by atoms with Gasteiger partial charge in [0.05, 0.1) is 24.8 Å².